The number of hydrogen-bond donors (Lipinski definition) is 1. The molecule has 0 aliphatic heterocycles. The Morgan fingerprint density at radius 3 is 2.38 bits per heavy atom. The molecule has 1 aromatic rings. The third kappa shape index (κ3) is 4.50. The van der Waals surface area contributed by atoms with E-state index >= 15 is 0 Å². The van der Waals surface area contributed by atoms with Gasteiger partial charge in [-0.1, -0.05) is 37.8 Å². The van der Waals surface area contributed by atoms with Crippen LogP contribution in [0, 0.1) is 11.8 Å². The lowest BCUT2D eigenvalue weighted by molar-refractivity contribution is -0.137. The highest BCUT2D eigenvalue weighted by Crippen LogP contribution is 2.33. The Morgan fingerprint density at radius 1 is 1.24 bits per heavy atom. The van der Waals surface area contributed by atoms with Gasteiger partial charge in [0.15, 0.2) is 0 Å². The second-order valence-corrected chi connectivity index (χ2v) is 6.14. The lowest BCUT2D eigenvalue weighted by Crippen LogP contribution is -2.21. The van der Waals surface area contributed by atoms with Crippen molar-refractivity contribution in [3.8, 4) is 0 Å². The van der Waals surface area contributed by atoms with Crippen LogP contribution in [0.25, 0.3) is 0 Å². The summed E-state index contributed by atoms with van der Waals surface area (Å²) in [5.74, 6) is 1.71. The van der Waals surface area contributed by atoms with Crippen LogP contribution in [-0.2, 0) is 6.18 Å². The van der Waals surface area contributed by atoms with E-state index in [1.165, 1.54) is 19.3 Å². The lowest BCUT2D eigenvalue weighted by Gasteiger charge is -2.28. The van der Waals surface area contributed by atoms with Crippen LogP contribution in [0.1, 0.15) is 44.6 Å². The fourth-order valence-corrected chi connectivity index (χ4v) is 3.04. The first-order chi connectivity index (χ1) is 9.90. The Hall–Kier alpha value is -0.970. The van der Waals surface area contributed by atoms with E-state index < -0.39 is 11.7 Å². The summed E-state index contributed by atoms with van der Waals surface area (Å²) in [4.78, 5) is 3.80. The zero-order chi connectivity index (χ0) is 15.5. The molecule has 1 N–H and O–H groups in total. The number of aromatic nitrogens is 1. The largest absolute Gasteiger partial charge is 0.417 e. The molecule has 0 atom stereocenters. The number of pyridine rings is 1. The molecule has 1 aliphatic carbocycles. The fraction of sp³-hybridized carbons (Fsp3) is 0.667. The number of rotatable bonds is 4. The second kappa shape index (κ2) is 6.86. The quantitative estimate of drug-likeness (QED) is 0.805. The van der Waals surface area contributed by atoms with E-state index in [9.17, 15) is 13.2 Å². The summed E-state index contributed by atoms with van der Waals surface area (Å²) in [5.41, 5.74) is -0.818. The van der Waals surface area contributed by atoms with Gasteiger partial charge >= 0.3 is 6.18 Å². The Balaban J connectivity index is 1.89. The van der Waals surface area contributed by atoms with Gasteiger partial charge in [-0.3, -0.25) is 0 Å². The topological polar surface area (TPSA) is 24.9 Å². The Morgan fingerprint density at radius 2 is 1.86 bits per heavy atom. The van der Waals surface area contributed by atoms with E-state index in [0.717, 1.165) is 31.0 Å². The van der Waals surface area contributed by atoms with Gasteiger partial charge in [-0.2, -0.15) is 13.2 Å². The molecule has 1 saturated carbocycles. The summed E-state index contributed by atoms with van der Waals surface area (Å²) in [6.45, 7) is 2.93. The highest BCUT2D eigenvalue weighted by molar-refractivity contribution is 6.32. The molecule has 1 fully saturated rings. The van der Waals surface area contributed by atoms with Crippen molar-refractivity contribution in [1.29, 1.82) is 0 Å². The standard InChI is InChI=1S/C15H20ClF3N2/c1-2-10-3-5-11(6-4-10)8-20-14-13(16)7-12(9-21-14)15(17,18)19/h7,9-11H,2-6,8H2,1H3,(H,20,21). The average Bonchev–Trinajstić information content (AvgIpc) is 2.45. The molecule has 0 bridgehead atoms. The van der Waals surface area contributed by atoms with E-state index in [0.29, 0.717) is 18.3 Å². The summed E-state index contributed by atoms with van der Waals surface area (Å²) >= 11 is 5.87. The van der Waals surface area contributed by atoms with Gasteiger partial charge in [0.05, 0.1) is 10.6 Å². The smallest absolute Gasteiger partial charge is 0.369 e. The predicted molar refractivity (Wildman–Crippen MR) is 78.5 cm³/mol. The Kier molecular flexibility index (Phi) is 5.36. The number of hydrogen-bond acceptors (Lipinski definition) is 2. The van der Waals surface area contributed by atoms with Crippen LogP contribution in [0.4, 0.5) is 19.0 Å². The molecule has 21 heavy (non-hydrogen) atoms. The molecule has 1 heterocycles. The van der Waals surface area contributed by atoms with Crippen LogP contribution in [0.5, 0.6) is 0 Å². The molecule has 118 valence electrons. The van der Waals surface area contributed by atoms with E-state index in [2.05, 4.69) is 17.2 Å². The molecular weight excluding hydrogens is 301 g/mol. The summed E-state index contributed by atoms with van der Waals surface area (Å²) in [5, 5.41) is 3.10. The first-order valence-corrected chi connectivity index (χ1v) is 7.74. The summed E-state index contributed by atoms with van der Waals surface area (Å²) in [7, 11) is 0. The van der Waals surface area contributed by atoms with Crippen LogP contribution in [0.2, 0.25) is 5.02 Å². The van der Waals surface area contributed by atoms with Crippen molar-refractivity contribution in [3.05, 3.63) is 22.8 Å². The number of alkyl halides is 3. The SMILES string of the molecule is CCC1CCC(CNc2ncc(C(F)(F)F)cc2Cl)CC1. The third-order valence-electron chi connectivity index (χ3n) is 4.27. The number of nitrogens with one attached hydrogen (secondary N) is 1. The van der Waals surface area contributed by atoms with Gasteiger partial charge in [0, 0.05) is 12.7 Å². The van der Waals surface area contributed by atoms with Gasteiger partial charge in [-0.15, -0.1) is 0 Å². The van der Waals surface area contributed by atoms with Gasteiger partial charge in [0.1, 0.15) is 5.82 Å². The fourth-order valence-electron chi connectivity index (χ4n) is 2.81. The number of nitrogens with zero attached hydrogens (tertiary/aromatic N) is 1. The van der Waals surface area contributed by atoms with E-state index in [1.54, 1.807) is 0 Å². The molecule has 6 heteroatoms. The molecule has 2 nitrogen and oxygen atoms in total. The van der Waals surface area contributed by atoms with Crippen molar-refractivity contribution < 1.29 is 13.2 Å². The van der Waals surface area contributed by atoms with E-state index in [1.807, 2.05) is 0 Å². The van der Waals surface area contributed by atoms with Crippen molar-refractivity contribution in [2.24, 2.45) is 11.8 Å². The van der Waals surface area contributed by atoms with Crippen LogP contribution in [-0.4, -0.2) is 11.5 Å². The van der Waals surface area contributed by atoms with Gasteiger partial charge < -0.3 is 5.32 Å². The molecule has 1 aromatic heterocycles. The zero-order valence-corrected chi connectivity index (χ0v) is 12.8. The third-order valence-corrected chi connectivity index (χ3v) is 4.56. The van der Waals surface area contributed by atoms with Crippen LogP contribution >= 0.6 is 11.6 Å². The number of anilines is 1. The molecule has 0 aromatic carbocycles. The molecule has 0 spiro atoms. The van der Waals surface area contributed by atoms with Gasteiger partial charge in [-0.05, 0) is 30.7 Å². The summed E-state index contributed by atoms with van der Waals surface area (Å²) < 4.78 is 37.6. The monoisotopic (exact) mass is 320 g/mol. The summed E-state index contributed by atoms with van der Waals surface area (Å²) in [6, 6.07) is 0.922. The molecule has 0 radical (unpaired) electrons. The minimum atomic E-state index is -4.41. The number of halogens is 4. The van der Waals surface area contributed by atoms with Crippen molar-refractivity contribution in [2.75, 3.05) is 11.9 Å². The van der Waals surface area contributed by atoms with Crippen molar-refractivity contribution in [1.82, 2.24) is 4.98 Å². The van der Waals surface area contributed by atoms with Gasteiger partial charge in [0.2, 0.25) is 0 Å². The maximum Gasteiger partial charge on any atom is 0.417 e. The van der Waals surface area contributed by atoms with Crippen LogP contribution in [0.3, 0.4) is 0 Å². The summed E-state index contributed by atoms with van der Waals surface area (Å²) in [6.07, 6.45) is 2.42. The van der Waals surface area contributed by atoms with E-state index in [-0.39, 0.29) is 5.02 Å². The van der Waals surface area contributed by atoms with Crippen LogP contribution in [0.15, 0.2) is 12.3 Å². The van der Waals surface area contributed by atoms with Gasteiger partial charge in [0.25, 0.3) is 0 Å². The molecule has 0 unspecified atom stereocenters. The molecule has 0 saturated heterocycles. The second-order valence-electron chi connectivity index (χ2n) is 5.73. The molecular formula is C15H20ClF3N2. The minimum Gasteiger partial charge on any atom is -0.369 e. The maximum atomic E-state index is 12.5. The van der Waals surface area contributed by atoms with Gasteiger partial charge in [-0.25, -0.2) is 4.98 Å². The normalized spacial score (nSPS) is 23.1. The zero-order valence-electron chi connectivity index (χ0n) is 12.0. The van der Waals surface area contributed by atoms with Crippen molar-refractivity contribution in [3.63, 3.8) is 0 Å². The van der Waals surface area contributed by atoms with Crippen LogP contribution < -0.4 is 5.32 Å². The minimum absolute atomic E-state index is 0.0204. The Labute approximate surface area is 128 Å². The first kappa shape index (κ1) is 16.4. The lowest BCUT2D eigenvalue weighted by atomic mass is 9.81. The molecule has 0 amide bonds. The highest BCUT2D eigenvalue weighted by Gasteiger charge is 2.31. The maximum absolute atomic E-state index is 12.5. The highest BCUT2D eigenvalue weighted by atomic mass is 35.5. The van der Waals surface area contributed by atoms with Crippen molar-refractivity contribution in [2.45, 2.75) is 45.2 Å². The predicted octanol–water partition coefficient (Wildman–Crippen LogP) is 5.38. The Bertz CT molecular complexity index is 468. The molecule has 1 aliphatic rings. The van der Waals surface area contributed by atoms with E-state index in [4.69, 9.17) is 11.6 Å². The van der Waals surface area contributed by atoms with Crippen molar-refractivity contribution >= 4 is 17.4 Å². The molecule has 2 rings (SSSR count). The first-order valence-electron chi connectivity index (χ1n) is 7.36. The average molecular weight is 321 g/mol.